The molecule has 0 radical (unpaired) electrons. The molecule has 4 rings (SSSR count). The van der Waals surface area contributed by atoms with Gasteiger partial charge in [-0.25, -0.2) is 0 Å². The van der Waals surface area contributed by atoms with Crippen LogP contribution in [0.2, 0.25) is 5.15 Å². The van der Waals surface area contributed by atoms with Gasteiger partial charge in [-0.2, -0.15) is 5.10 Å². The van der Waals surface area contributed by atoms with Crippen molar-refractivity contribution in [3.05, 3.63) is 16.4 Å². The molecule has 1 amide bonds. The number of halogens is 1. The maximum atomic E-state index is 12.1. The fourth-order valence-electron chi connectivity index (χ4n) is 4.72. The van der Waals surface area contributed by atoms with Crippen LogP contribution in [-0.2, 0) is 27.9 Å². The molecule has 3 aliphatic heterocycles. The largest absolute Gasteiger partial charge is 0.370 e. The summed E-state index contributed by atoms with van der Waals surface area (Å²) in [5.74, 6) is 0.0144. The van der Waals surface area contributed by atoms with Gasteiger partial charge in [0.2, 0.25) is 5.91 Å². The number of hydrogen-bond acceptors (Lipinski definition) is 5. The molecule has 1 aromatic rings. The minimum Gasteiger partial charge on any atom is -0.370 e. The van der Waals surface area contributed by atoms with Crippen LogP contribution in [0.5, 0.6) is 0 Å². The molecule has 0 saturated carbocycles. The van der Waals surface area contributed by atoms with E-state index in [1.54, 1.807) is 4.68 Å². The van der Waals surface area contributed by atoms with Gasteiger partial charge in [-0.3, -0.25) is 14.4 Å². The molecule has 4 heterocycles. The van der Waals surface area contributed by atoms with Crippen molar-refractivity contribution in [2.24, 2.45) is 7.05 Å². The predicted molar refractivity (Wildman–Crippen MR) is 106 cm³/mol. The molecule has 156 valence electrons. The standard InChI is InChI=1S/C20H31ClN4O3/c1-14-16(18(21)24(2)23-14)13-25-9-7-20(8-10-25)6-5-15(28-20)12-22-19(26)17-4-3-11-27-17/h15,17H,3-13H2,1-2H3,(H,22,26). The molecular formula is C20H31ClN4O3. The first-order valence-electron chi connectivity index (χ1n) is 10.4. The zero-order valence-corrected chi connectivity index (χ0v) is 17.6. The van der Waals surface area contributed by atoms with E-state index in [1.807, 2.05) is 14.0 Å². The zero-order valence-electron chi connectivity index (χ0n) is 16.9. The smallest absolute Gasteiger partial charge is 0.249 e. The number of nitrogens with one attached hydrogen (secondary N) is 1. The molecule has 7 nitrogen and oxygen atoms in total. The van der Waals surface area contributed by atoms with E-state index in [0.29, 0.717) is 13.2 Å². The Kier molecular flexibility index (Phi) is 5.97. The van der Waals surface area contributed by atoms with E-state index in [2.05, 4.69) is 15.3 Å². The minimum absolute atomic E-state index is 0.0144. The highest BCUT2D eigenvalue weighted by Gasteiger charge is 2.42. The molecular weight excluding hydrogens is 380 g/mol. The molecule has 1 aromatic heterocycles. The van der Waals surface area contributed by atoms with Crippen molar-refractivity contribution in [3.63, 3.8) is 0 Å². The quantitative estimate of drug-likeness (QED) is 0.805. The average Bonchev–Trinajstić information content (AvgIpc) is 3.40. The number of likely N-dealkylation sites (tertiary alicyclic amines) is 1. The summed E-state index contributed by atoms with van der Waals surface area (Å²) in [5, 5.41) is 8.16. The number of rotatable bonds is 5. The summed E-state index contributed by atoms with van der Waals surface area (Å²) in [7, 11) is 1.88. The Bertz CT molecular complexity index is 709. The second kappa shape index (κ2) is 8.30. The van der Waals surface area contributed by atoms with Crippen molar-refractivity contribution < 1.29 is 14.3 Å². The SMILES string of the molecule is Cc1nn(C)c(Cl)c1CN1CCC2(CCC(CNC(=O)C3CCCO3)O2)CC1. The van der Waals surface area contributed by atoms with E-state index in [1.165, 1.54) is 0 Å². The minimum atomic E-state index is -0.263. The highest BCUT2D eigenvalue weighted by Crippen LogP contribution is 2.39. The summed E-state index contributed by atoms with van der Waals surface area (Å²) in [6.07, 6.45) is 5.81. The Morgan fingerprint density at radius 3 is 2.75 bits per heavy atom. The maximum Gasteiger partial charge on any atom is 0.249 e. The van der Waals surface area contributed by atoms with Crippen LogP contribution in [0.3, 0.4) is 0 Å². The molecule has 8 heteroatoms. The number of nitrogens with zero attached hydrogens (tertiary/aromatic N) is 3. The van der Waals surface area contributed by atoms with Gasteiger partial charge in [0.05, 0.1) is 17.4 Å². The molecule has 1 spiro atoms. The molecule has 3 aliphatic rings. The van der Waals surface area contributed by atoms with E-state index in [4.69, 9.17) is 21.1 Å². The number of aryl methyl sites for hydroxylation is 2. The number of piperidine rings is 1. The molecule has 2 atom stereocenters. The van der Waals surface area contributed by atoms with Crippen LogP contribution < -0.4 is 5.32 Å². The number of carbonyl (C=O) groups is 1. The first-order chi connectivity index (χ1) is 13.5. The monoisotopic (exact) mass is 410 g/mol. The summed E-state index contributed by atoms with van der Waals surface area (Å²) in [6, 6.07) is 0. The van der Waals surface area contributed by atoms with Gasteiger partial charge in [-0.05, 0) is 45.4 Å². The maximum absolute atomic E-state index is 12.1. The topological polar surface area (TPSA) is 68.6 Å². The molecule has 3 saturated heterocycles. The van der Waals surface area contributed by atoms with Crippen molar-refractivity contribution in [1.82, 2.24) is 20.0 Å². The van der Waals surface area contributed by atoms with E-state index < -0.39 is 0 Å². The van der Waals surface area contributed by atoms with Crippen LogP contribution in [0.4, 0.5) is 0 Å². The first kappa shape index (κ1) is 20.1. The highest BCUT2D eigenvalue weighted by atomic mass is 35.5. The van der Waals surface area contributed by atoms with Crippen LogP contribution in [0.1, 0.15) is 49.8 Å². The molecule has 2 unspecified atom stereocenters. The van der Waals surface area contributed by atoms with Crippen LogP contribution in [-0.4, -0.2) is 64.6 Å². The number of amides is 1. The lowest BCUT2D eigenvalue weighted by Crippen LogP contribution is -2.45. The van der Waals surface area contributed by atoms with E-state index in [9.17, 15) is 4.79 Å². The summed E-state index contributed by atoms with van der Waals surface area (Å²) >= 11 is 6.39. The summed E-state index contributed by atoms with van der Waals surface area (Å²) in [6.45, 7) is 6.15. The average molecular weight is 411 g/mol. The number of ether oxygens (including phenoxy) is 2. The van der Waals surface area contributed by atoms with Gasteiger partial charge in [-0.1, -0.05) is 11.6 Å². The van der Waals surface area contributed by atoms with Crippen molar-refractivity contribution in [1.29, 1.82) is 0 Å². The third kappa shape index (κ3) is 4.22. The van der Waals surface area contributed by atoms with Gasteiger partial charge in [0.25, 0.3) is 0 Å². The number of aromatic nitrogens is 2. The van der Waals surface area contributed by atoms with Crippen LogP contribution in [0.15, 0.2) is 0 Å². The summed E-state index contributed by atoms with van der Waals surface area (Å²) < 4.78 is 13.6. The van der Waals surface area contributed by atoms with Gasteiger partial charge in [0, 0.05) is 45.4 Å². The third-order valence-electron chi connectivity index (χ3n) is 6.48. The molecule has 0 aliphatic carbocycles. The number of carbonyl (C=O) groups excluding carboxylic acids is 1. The third-order valence-corrected chi connectivity index (χ3v) is 6.96. The lowest BCUT2D eigenvalue weighted by molar-refractivity contribution is -0.131. The summed E-state index contributed by atoms with van der Waals surface area (Å²) in [4.78, 5) is 14.6. The summed E-state index contributed by atoms with van der Waals surface area (Å²) in [5.41, 5.74) is 2.11. The van der Waals surface area contributed by atoms with Crippen molar-refractivity contribution >= 4 is 17.5 Å². The fraction of sp³-hybridized carbons (Fsp3) is 0.800. The number of hydrogen-bond donors (Lipinski definition) is 1. The van der Waals surface area contributed by atoms with Crippen molar-refractivity contribution in [2.45, 2.75) is 69.8 Å². The Balaban J connectivity index is 1.24. The van der Waals surface area contributed by atoms with Gasteiger partial charge < -0.3 is 14.8 Å². The van der Waals surface area contributed by atoms with Crippen LogP contribution in [0.25, 0.3) is 0 Å². The fourth-order valence-corrected chi connectivity index (χ4v) is 4.95. The lowest BCUT2D eigenvalue weighted by atomic mass is 9.88. The Labute approximate surface area is 171 Å². The normalized spacial score (nSPS) is 27.5. The van der Waals surface area contributed by atoms with E-state index in [-0.39, 0.29) is 23.7 Å². The second-order valence-corrected chi connectivity index (χ2v) is 8.82. The Morgan fingerprint density at radius 2 is 2.11 bits per heavy atom. The predicted octanol–water partition coefficient (Wildman–Crippen LogP) is 2.19. The highest BCUT2D eigenvalue weighted by molar-refractivity contribution is 6.30. The van der Waals surface area contributed by atoms with Crippen LogP contribution in [0, 0.1) is 6.92 Å². The van der Waals surface area contributed by atoms with Gasteiger partial charge in [-0.15, -0.1) is 0 Å². The molecule has 3 fully saturated rings. The van der Waals surface area contributed by atoms with Gasteiger partial charge in [0.15, 0.2) is 0 Å². The molecule has 0 bridgehead atoms. The molecule has 28 heavy (non-hydrogen) atoms. The van der Waals surface area contributed by atoms with E-state index >= 15 is 0 Å². The first-order valence-corrected chi connectivity index (χ1v) is 10.8. The Morgan fingerprint density at radius 1 is 1.32 bits per heavy atom. The van der Waals surface area contributed by atoms with Gasteiger partial charge in [0.1, 0.15) is 11.3 Å². The molecule has 0 aromatic carbocycles. The Hall–Kier alpha value is -1.15. The van der Waals surface area contributed by atoms with Gasteiger partial charge >= 0.3 is 0 Å². The molecule has 1 N–H and O–H groups in total. The van der Waals surface area contributed by atoms with Crippen molar-refractivity contribution in [2.75, 3.05) is 26.2 Å². The lowest BCUT2D eigenvalue weighted by Gasteiger charge is -2.39. The second-order valence-electron chi connectivity index (χ2n) is 8.46. The van der Waals surface area contributed by atoms with Crippen molar-refractivity contribution in [3.8, 4) is 0 Å². The zero-order chi connectivity index (χ0) is 19.7. The van der Waals surface area contributed by atoms with Crippen LogP contribution >= 0.6 is 11.6 Å². The van der Waals surface area contributed by atoms with E-state index in [0.717, 1.165) is 74.6 Å².